The molecule has 23 heavy (non-hydrogen) atoms. The summed E-state index contributed by atoms with van der Waals surface area (Å²) in [4.78, 5) is 20.6. The zero-order chi connectivity index (χ0) is 17.7. The molecular formula is C15H10F4O4. The molecule has 2 rings (SSSR count). The van der Waals surface area contributed by atoms with Gasteiger partial charge in [0.1, 0.15) is 28.8 Å². The van der Waals surface area contributed by atoms with Crippen LogP contribution in [0.2, 0.25) is 0 Å². The van der Waals surface area contributed by atoms with Gasteiger partial charge in [-0.05, 0) is 37.3 Å². The molecule has 0 radical (unpaired) electrons. The summed E-state index contributed by atoms with van der Waals surface area (Å²) in [6, 6.07) is 3.97. The smallest absolute Gasteiger partial charge is 0.339 e. The van der Waals surface area contributed by atoms with Crippen LogP contribution in [0.25, 0.3) is 0 Å². The molecule has 0 spiro atoms. The second-order valence-corrected chi connectivity index (χ2v) is 4.26. The molecule has 0 unspecified atom stereocenters. The minimum Gasteiger partial charge on any atom is -0.478 e. The van der Waals surface area contributed by atoms with Gasteiger partial charge in [-0.3, -0.25) is 0 Å². The number of rotatable bonds is 2. The second-order valence-electron chi connectivity index (χ2n) is 4.26. The topological polar surface area (TPSA) is 74.6 Å². The van der Waals surface area contributed by atoms with Gasteiger partial charge in [-0.15, -0.1) is 0 Å². The Hall–Kier alpha value is -2.90. The van der Waals surface area contributed by atoms with Crippen molar-refractivity contribution in [3.8, 4) is 0 Å². The fraction of sp³-hybridized carbons (Fsp3) is 0.0667. The van der Waals surface area contributed by atoms with E-state index in [4.69, 9.17) is 10.2 Å². The molecule has 4 nitrogen and oxygen atoms in total. The van der Waals surface area contributed by atoms with Crippen molar-refractivity contribution in [3.05, 3.63) is 70.3 Å². The van der Waals surface area contributed by atoms with E-state index in [0.717, 1.165) is 24.3 Å². The quantitative estimate of drug-likeness (QED) is 0.825. The van der Waals surface area contributed by atoms with Crippen LogP contribution in [0.5, 0.6) is 0 Å². The van der Waals surface area contributed by atoms with E-state index in [9.17, 15) is 27.2 Å². The van der Waals surface area contributed by atoms with Crippen molar-refractivity contribution in [2.45, 2.75) is 6.92 Å². The highest BCUT2D eigenvalue weighted by Gasteiger charge is 2.15. The van der Waals surface area contributed by atoms with E-state index < -0.39 is 46.3 Å². The lowest BCUT2D eigenvalue weighted by atomic mass is 10.1. The zero-order valence-electron chi connectivity index (χ0n) is 11.6. The number of halogens is 4. The predicted molar refractivity (Wildman–Crippen MR) is 71.4 cm³/mol. The van der Waals surface area contributed by atoms with E-state index >= 15 is 0 Å². The van der Waals surface area contributed by atoms with Crippen molar-refractivity contribution < 1.29 is 37.4 Å². The predicted octanol–water partition coefficient (Wildman–Crippen LogP) is 3.63. The summed E-state index contributed by atoms with van der Waals surface area (Å²) in [7, 11) is 0. The van der Waals surface area contributed by atoms with Gasteiger partial charge in [-0.2, -0.15) is 0 Å². The third kappa shape index (κ3) is 4.53. The van der Waals surface area contributed by atoms with Gasteiger partial charge in [0.2, 0.25) is 0 Å². The van der Waals surface area contributed by atoms with Crippen molar-refractivity contribution in [1.82, 2.24) is 0 Å². The lowest BCUT2D eigenvalue weighted by Gasteiger charge is -2.02. The number of hydrogen-bond acceptors (Lipinski definition) is 2. The molecular weight excluding hydrogens is 320 g/mol. The van der Waals surface area contributed by atoms with Gasteiger partial charge in [0.15, 0.2) is 0 Å². The molecule has 0 saturated heterocycles. The van der Waals surface area contributed by atoms with E-state index in [1.807, 2.05) is 0 Å². The van der Waals surface area contributed by atoms with E-state index in [-0.39, 0.29) is 5.56 Å². The van der Waals surface area contributed by atoms with Crippen LogP contribution in [0.3, 0.4) is 0 Å². The van der Waals surface area contributed by atoms with Crippen molar-refractivity contribution in [3.63, 3.8) is 0 Å². The Labute approximate surface area is 127 Å². The number of hydrogen-bond donors (Lipinski definition) is 2. The molecule has 0 fully saturated rings. The fourth-order valence-electron chi connectivity index (χ4n) is 1.58. The molecule has 8 heteroatoms. The summed E-state index contributed by atoms with van der Waals surface area (Å²) in [5.41, 5.74) is -1.43. The van der Waals surface area contributed by atoms with E-state index in [1.54, 1.807) is 0 Å². The Balaban J connectivity index is 0.000000231. The summed E-state index contributed by atoms with van der Waals surface area (Å²) in [5, 5.41) is 16.7. The first kappa shape index (κ1) is 18.1. The molecule has 0 amide bonds. The summed E-state index contributed by atoms with van der Waals surface area (Å²) in [6.07, 6.45) is 0. The zero-order valence-corrected chi connectivity index (χ0v) is 11.6. The van der Waals surface area contributed by atoms with Gasteiger partial charge in [0.05, 0.1) is 5.56 Å². The lowest BCUT2D eigenvalue weighted by Crippen LogP contribution is -2.05. The molecule has 0 atom stereocenters. The minimum atomic E-state index is -1.47. The molecule has 0 saturated carbocycles. The summed E-state index contributed by atoms with van der Waals surface area (Å²) in [6.45, 7) is 1.22. The van der Waals surface area contributed by atoms with Crippen molar-refractivity contribution in [2.24, 2.45) is 0 Å². The Kier molecular flexibility index (Phi) is 5.83. The summed E-state index contributed by atoms with van der Waals surface area (Å²) < 4.78 is 50.2. The van der Waals surface area contributed by atoms with Crippen molar-refractivity contribution in [1.29, 1.82) is 0 Å². The highest BCUT2D eigenvalue weighted by molar-refractivity contribution is 5.89. The second kappa shape index (κ2) is 7.39. The monoisotopic (exact) mass is 330 g/mol. The van der Waals surface area contributed by atoms with Crippen molar-refractivity contribution in [2.75, 3.05) is 0 Å². The molecule has 2 N–H and O–H groups in total. The standard InChI is InChI=1S/C8H6F2O2.C7H4F2O2/c1-4-5(9)2-3-6(10)7(4)8(11)12;8-4-1-2-6(9)5(3-4)7(10)11/h2-3H,1H3,(H,11,12);1-3H,(H,10,11). The maximum Gasteiger partial charge on any atom is 0.339 e. The van der Waals surface area contributed by atoms with Crippen LogP contribution in [-0.4, -0.2) is 22.2 Å². The molecule has 2 aromatic carbocycles. The van der Waals surface area contributed by atoms with Gasteiger partial charge in [0, 0.05) is 5.56 Å². The van der Waals surface area contributed by atoms with Crippen LogP contribution >= 0.6 is 0 Å². The third-order valence-electron chi connectivity index (χ3n) is 2.72. The molecule has 2 aromatic rings. The first-order valence-electron chi connectivity index (χ1n) is 6.01. The SMILES string of the molecule is Cc1c(F)ccc(F)c1C(=O)O.O=C(O)c1cc(F)ccc1F. The molecule has 0 heterocycles. The lowest BCUT2D eigenvalue weighted by molar-refractivity contribution is 0.0679. The van der Waals surface area contributed by atoms with Crippen LogP contribution in [0.1, 0.15) is 26.3 Å². The maximum atomic E-state index is 12.7. The van der Waals surface area contributed by atoms with E-state index in [2.05, 4.69) is 0 Å². The van der Waals surface area contributed by atoms with Crippen LogP contribution < -0.4 is 0 Å². The fourth-order valence-corrected chi connectivity index (χ4v) is 1.58. The summed E-state index contributed by atoms with van der Waals surface area (Å²) in [5.74, 6) is -6.25. The number of carboxylic acids is 2. The molecule has 0 bridgehead atoms. The Morgan fingerprint density at radius 2 is 1.35 bits per heavy atom. The first-order chi connectivity index (χ1) is 10.6. The average Bonchev–Trinajstić information content (AvgIpc) is 2.46. The van der Waals surface area contributed by atoms with Crippen LogP contribution in [-0.2, 0) is 0 Å². The number of carboxylic acid groups (broad SMARTS) is 2. The van der Waals surface area contributed by atoms with E-state index in [0.29, 0.717) is 6.07 Å². The van der Waals surface area contributed by atoms with Gasteiger partial charge in [0.25, 0.3) is 0 Å². The van der Waals surface area contributed by atoms with Crippen LogP contribution in [0.15, 0.2) is 30.3 Å². The summed E-state index contributed by atoms with van der Waals surface area (Å²) >= 11 is 0. The highest BCUT2D eigenvalue weighted by Crippen LogP contribution is 2.15. The molecule has 0 aromatic heterocycles. The highest BCUT2D eigenvalue weighted by atomic mass is 19.1. The number of carbonyl (C=O) groups is 2. The number of benzene rings is 2. The van der Waals surface area contributed by atoms with E-state index in [1.165, 1.54) is 6.92 Å². The molecule has 0 aliphatic rings. The van der Waals surface area contributed by atoms with Gasteiger partial charge in [-0.25, -0.2) is 27.2 Å². The minimum absolute atomic E-state index is 0.178. The molecule has 0 aliphatic carbocycles. The average molecular weight is 330 g/mol. The normalized spacial score (nSPS) is 9.78. The van der Waals surface area contributed by atoms with Gasteiger partial charge >= 0.3 is 11.9 Å². The van der Waals surface area contributed by atoms with Gasteiger partial charge < -0.3 is 10.2 Å². The molecule has 0 aliphatic heterocycles. The third-order valence-corrected chi connectivity index (χ3v) is 2.72. The molecule has 122 valence electrons. The first-order valence-corrected chi connectivity index (χ1v) is 6.01. The van der Waals surface area contributed by atoms with Gasteiger partial charge in [-0.1, -0.05) is 0 Å². The van der Waals surface area contributed by atoms with Crippen molar-refractivity contribution >= 4 is 11.9 Å². The Morgan fingerprint density at radius 1 is 0.826 bits per heavy atom. The van der Waals surface area contributed by atoms with Crippen LogP contribution in [0.4, 0.5) is 17.6 Å². The Bertz CT molecular complexity index is 759. The Morgan fingerprint density at radius 3 is 1.78 bits per heavy atom. The number of aromatic carboxylic acids is 2. The maximum absolute atomic E-state index is 12.7. The largest absolute Gasteiger partial charge is 0.478 e. The van der Waals surface area contributed by atoms with Crippen LogP contribution in [0, 0.1) is 30.2 Å².